The van der Waals surface area contributed by atoms with Gasteiger partial charge in [0.25, 0.3) is 0 Å². The fraction of sp³-hybridized carbons (Fsp3) is 0.500. The minimum absolute atomic E-state index is 0.661. The predicted molar refractivity (Wildman–Crippen MR) is 71.3 cm³/mol. The van der Waals surface area contributed by atoms with Crippen LogP contribution < -0.4 is 5.32 Å². The number of furan rings is 1. The molecule has 0 bridgehead atoms. The fourth-order valence-electron chi connectivity index (χ4n) is 1.86. The number of aromatic nitrogens is 2. The Balaban J connectivity index is 1.95. The van der Waals surface area contributed by atoms with Gasteiger partial charge in [0.2, 0.25) is 0 Å². The van der Waals surface area contributed by atoms with Crippen LogP contribution in [0.1, 0.15) is 30.7 Å². The van der Waals surface area contributed by atoms with Crippen LogP contribution in [0.4, 0.5) is 0 Å². The largest absolute Gasteiger partial charge is 0.467 e. The molecule has 2 aromatic heterocycles. The van der Waals surface area contributed by atoms with E-state index < -0.39 is 0 Å². The molecule has 0 aliphatic rings. The van der Waals surface area contributed by atoms with E-state index in [1.54, 1.807) is 6.26 Å². The summed E-state index contributed by atoms with van der Waals surface area (Å²) in [4.78, 5) is 0. The Morgan fingerprint density at radius 2 is 2.28 bits per heavy atom. The van der Waals surface area contributed by atoms with Crippen LogP contribution in [-0.4, -0.2) is 16.3 Å². The lowest BCUT2D eigenvalue weighted by atomic mass is 10.2. The maximum atomic E-state index is 5.53. The number of nitrogens with zero attached hydrogens (tertiary/aromatic N) is 2. The molecule has 2 heterocycles. The highest BCUT2D eigenvalue weighted by Crippen LogP contribution is 2.12. The van der Waals surface area contributed by atoms with Crippen LogP contribution >= 0.6 is 0 Å². The summed E-state index contributed by atoms with van der Waals surface area (Å²) < 4.78 is 7.44. The molecule has 0 unspecified atom stereocenters. The van der Waals surface area contributed by atoms with Gasteiger partial charge >= 0.3 is 0 Å². The van der Waals surface area contributed by atoms with Crippen molar-refractivity contribution in [3.63, 3.8) is 0 Å². The second-order valence-corrected chi connectivity index (χ2v) is 5.11. The number of aryl methyl sites for hydroxylation is 1. The smallest absolute Gasteiger partial charge is 0.129 e. The van der Waals surface area contributed by atoms with Gasteiger partial charge in [-0.2, -0.15) is 5.10 Å². The van der Waals surface area contributed by atoms with Crippen molar-refractivity contribution in [3.8, 4) is 0 Å². The van der Waals surface area contributed by atoms with Gasteiger partial charge in [-0.25, -0.2) is 0 Å². The van der Waals surface area contributed by atoms with Crippen LogP contribution in [0.5, 0.6) is 0 Å². The van der Waals surface area contributed by atoms with Crippen molar-refractivity contribution in [3.05, 3.63) is 41.6 Å². The SMILES string of the molecule is Cc1cnn(Cc2occc2CNCC(C)C)c1. The third kappa shape index (κ3) is 3.47. The summed E-state index contributed by atoms with van der Waals surface area (Å²) >= 11 is 0. The normalized spacial score (nSPS) is 11.3. The first-order valence-electron chi connectivity index (χ1n) is 6.40. The van der Waals surface area contributed by atoms with Crippen molar-refractivity contribution in [2.45, 2.75) is 33.9 Å². The van der Waals surface area contributed by atoms with E-state index in [2.05, 4.69) is 24.3 Å². The van der Waals surface area contributed by atoms with Crippen LogP contribution in [-0.2, 0) is 13.1 Å². The van der Waals surface area contributed by atoms with Gasteiger partial charge in [0.1, 0.15) is 5.76 Å². The first-order valence-corrected chi connectivity index (χ1v) is 6.40. The van der Waals surface area contributed by atoms with Crippen molar-refractivity contribution in [1.82, 2.24) is 15.1 Å². The molecule has 0 aromatic carbocycles. The quantitative estimate of drug-likeness (QED) is 0.853. The lowest BCUT2D eigenvalue weighted by molar-refractivity contribution is 0.469. The van der Waals surface area contributed by atoms with Gasteiger partial charge in [-0.05, 0) is 31.0 Å². The zero-order chi connectivity index (χ0) is 13.0. The Morgan fingerprint density at radius 3 is 2.94 bits per heavy atom. The fourth-order valence-corrected chi connectivity index (χ4v) is 1.86. The molecule has 0 amide bonds. The van der Waals surface area contributed by atoms with Gasteiger partial charge in [0.05, 0.1) is 19.0 Å². The molecular weight excluding hydrogens is 226 g/mol. The molecule has 2 rings (SSSR count). The highest BCUT2D eigenvalue weighted by molar-refractivity contribution is 5.17. The van der Waals surface area contributed by atoms with Crippen molar-refractivity contribution in [2.75, 3.05) is 6.54 Å². The lowest BCUT2D eigenvalue weighted by Gasteiger charge is -2.07. The van der Waals surface area contributed by atoms with E-state index in [0.29, 0.717) is 12.5 Å². The molecule has 4 nitrogen and oxygen atoms in total. The Bertz CT molecular complexity index is 485. The zero-order valence-corrected chi connectivity index (χ0v) is 11.3. The average molecular weight is 247 g/mol. The number of hydrogen-bond donors (Lipinski definition) is 1. The average Bonchev–Trinajstić information content (AvgIpc) is 2.89. The molecule has 4 heteroatoms. The second kappa shape index (κ2) is 5.87. The Hall–Kier alpha value is -1.55. The molecule has 1 N–H and O–H groups in total. The monoisotopic (exact) mass is 247 g/mol. The van der Waals surface area contributed by atoms with Gasteiger partial charge in [-0.1, -0.05) is 13.8 Å². The number of rotatable bonds is 6. The molecule has 0 saturated carbocycles. The molecule has 18 heavy (non-hydrogen) atoms. The third-order valence-electron chi connectivity index (χ3n) is 2.77. The summed E-state index contributed by atoms with van der Waals surface area (Å²) in [7, 11) is 0. The minimum atomic E-state index is 0.661. The van der Waals surface area contributed by atoms with Crippen LogP contribution in [0, 0.1) is 12.8 Å². The van der Waals surface area contributed by atoms with E-state index in [4.69, 9.17) is 4.42 Å². The summed E-state index contributed by atoms with van der Waals surface area (Å²) in [5.74, 6) is 1.64. The van der Waals surface area contributed by atoms with Crippen molar-refractivity contribution < 1.29 is 4.42 Å². The molecule has 0 aliphatic heterocycles. The van der Waals surface area contributed by atoms with Crippen LogP contribution in [0.2, 0.25) is 0 Å². The highest BCUT2D eigenvalue weighted by Gasteiger charge is 2.07. The van der Waals surface area contributed by atoms with E-state index in [9.17, 15) is 0 Å². The van der Waals surface area contributed by atoms with Gasteiger partial charge in [-0.15, -0.1) is 0 Å². The molecule has 0 spiro atoms. The van der Waals surface area contributed by atoms with E-state index >= 15 is 0 Å². The molecule has 2 aromatic rings. The standard InChI is InChI=1S/C14H21N3O/c1-11(2)6-15-8-13-4-5-18-14(13)10-17-9-12(3)7-16-17/h4-5,7,9,11,15H,6,8,10H2,1-3H3. The summed E-state index contributed by atoms with van der Waals surface area (Å²) in [6.45, 7) is 9.01. The molecule has 98 valence electrons. The van der Waals surface area contributed by atoms with Gasteiger partial charge < -0.3 is 9.73 Å². The van der Waals surface area contributed by atoms with Crippen molar-refractivity contribution in [1.29, 1.82) is 0 Å². The maximum Gasteiger partial charge on any atom is 0.129 e. The van der Waals surface area contributed by atoms with E-state index in [1.807, 2.05) is 30.1 Å². The summed E-state index contributed by atoms with van der Waals surface area (Å²) in [5.41, 5.74) is 2.38. The van der Waals surface area contributed by atoms with Gasteiger partial charge in [-0.3, -0.25) is 4.68 Å². The Labute approximate surface area is 108 Å². The summed E-state index contributed by atoms with van der Waals surface area (Å²) in [6.07, 6.45) is 5.63. The van der Waals surface area contributed by atoms with Crippen LogP contribution in [0.3, 0.4) is 0 Å². The number of hydrogen-bond acceptors (Lipinski definition) is 3. The zero-order valence-electron chi connectivity index (χ0n) is 11.3. The molecule has 0 aliphatic carbocycles. The Kier molecular flexibility index (Phi) is 4.20. The Morgan fingerprint density at radius 1 is 1.44 bits per heavy atom. The molecule has 0 saturated heterocycles. The second-order valence-electron chi connectivity index (χ2n) is 5.11. The maximum absolute atomic E-state index is 5.53. The highest BCUT2D eigenvalue weighted by atomic mass is 16.3. The van der Waals surface area contributed by atoms with E-state index in [0.717, 1.165) is 18.8 Å². The third-order valence-corrected chi connectivity index (χ3v) is 2.77. The van der Waals surface area contributed by atoms with E-state index in [-0.39, 0.29) is 0 Å². The predicted octanol–water partition coefficient (Wildman–Crippen LogP) is 2.58. The molecule has 0 radical (unpaired) electrons. The minimum Gasteiger partial charge on any atom is -0.467 e. The lowest BCUT2D eigenvalue weighted by Crippen LogP contribution is -2.19. The van der Waals surface area contributed by atoms with Crippen molar-refractivity contribution in [2.24, 2.45) is 5.92 Å². The van der Waals surface area contributed by atoms with Gasteiger partial charge in [0, 0.05) is 18.3 Å². The molecule has 0 atom stereocenters. The first kappa shape index (κ1) is 12.9. The number of nitrogens with one attached hydrogen (secondary N) is 1. The van der Waals surface area contributed by atoms with Crippen LogP contribution in [0.25, 0.3) is 0 Å². The first-order chi connectivity index (χ1) is 8.65. The summed E-state index contributed by atoms with van der Waals surface area (Å²) in [5, 5.41) is 7.71. The molecular formula is C14H21N3O. The summed E-state index contributed by atoms with van der Waals surface area (Å²) in [6, 6.07) is 2.03. The van der Waals surface area contributed by atoms with Crippen LogP contribution in [0.15, 0.2) is 29.1 Å². The van der Waals surface area contributed by atoms with Gasteiger partial charge in [0.15, 0.2) is 0 Å². The van der Waals surface area contributed by atoms with E-state index in [1.165, 1.54) is 11.1 Å². The molecule has 0 fully saturated rings. The topological polar surface area (TPSA) is 43.0 Å². The van der Waals surface area contributed by atoms with Crippen molar-refractivity contribution >= 4 is 0 Å².